The van der Waals surface area contributed by atoms with E-state index < -0.39 is 38.6 Å². The van der Waals surface area contributed by atoms with E-state index in [9.17, 15) is 14.4 Å². The van der Waals surface area contributed by atoms with Crippen molar-refractivity contribution in [2.45, 2.75) is 130 Å². The zero-order valence-electron chi connectivity index (χ0n) is 40.5. The van der Waals surface area contributed by atoms with Gasteiger partial charge in [0, 0.05) is 74.7 Å². The number of methoxy groups -OCH3 is 2. The molecule has 4 heterocycles. The van der Waals surface area contributed by atoms with Crippen LogP contribution in [0.3, 0.4) is 0 Å². The van der Waals surface area contributed by atoms with Crippen molar-refractivity contribution in [1.29, 1.82) is 0 Å². The maximum absolute atomic E-state index is 14.3. The zero-order chi connectivity index (χ0) is 47.1. The molecule has 2 aromatic carbocycles. The van der Waals surface area contributed by atoms with Crippen LogP contribution < -0.4 is 15.6 Å². The Morgan fingerprint density at radius 2 is 1.77 bits per heavy atom. The third-order valence-electron chi connectivity index (χ3n) is 13.3. The highest BCUT2D eigenvalue weighted by Crippen LogP contribution is 2.43. The molecule has 2 amide bonds. The number of carbonyl (C=O) groups is 3. The van der Waals surface area contributed by atoms with E-state index in [4.69, 9.17) is 28.4 Å². The first-order valence-corrected chi connectivity index (χ1v) is 26.0. The van der Waals surface area contributed by atoms with Crippen LogP contribution in [0.4, 0.5) is 10.5 Å². The predicted octanol–water partition coefficient (Wildman–Crippen LogP) is 8.58. The highest BCUT2D eigenvalue weighted by molar-refractivity contribution is 6.74. The van der Waals surface area contributed by atoms with E-state index in [1.54, 1.807) is 7.11 Å². The van der Waals surface area contributed by atoms with Crippen LogP contribution in [0, 0.1) is 5.41 Å². The van der Waals surface area contributed by atoms with Crippen molar-refractivity contribution in [3.8, 4) is 11.3 Å². The molecule has 15 heteroatoms. The largest absolute Gasteiger partial charge is 0.468 e. The Hall–Kier alpha value is -4.80. The molecule has 0 spiro atoms. The van der Waals surface area contributed by atoms with Crippen molar-refractivity contribution >= 4 is 42.9 Å². The number of hydrazine groups is 1. The molecule has 2 aliphatic heterocycles. The van der Waals surface area contributed by atoms with Gasteiger partial charge in [-0.1, -0.05) is 65.0 Å². The van der Waals surface area contributed by atoms with Crippen molar-refractivity contribution in [2.75, 3.05) is 52.0 Å². The molecule has 2 N–H and O–H groups in total. The summed E-state index contributed by atoms with van der Waals surface area (Å²) in [6, 6.07) is 18.6. The zero-order valence-corrected chi connectivity index (χ0v) is 41.5. The van der Waals surface area contributed by atoms with Crippen LogP contribution >= 0.6 is 0 Å². The number of aromatic nitrogens is 2. The van der Waals surface area contributed by atoms with Gasteiger partial charge in [0.1, 0.15) is 18.7 Å². The summed E-state index contributed by atoms with van der Waals surface area (Å²) in [6.07, 6.45) is 2.56. The van der Waals surface area contributed by atoms with Gasteiger partial charge in [0.2, 0.25) is 0 Å². The van der Waals surface area contributed by atoms with E-state index >= 15 is 0 Å². The van der Waals surface area contributed by atoms with Crippen molar-refractivity contribution in [3.05, 3.63) is 83.7 Å². The van der Waals surface area contributed by atoms with E-state index in [2.05, 4.69) is 99.1 Å². The fraction of sp³-hybridized carbons (Fsp3) is 0.560. The van der Waals surface area contributed by atoms with Gasteiger partial charge in [0.25, 0.3) is 5.91 Å². The van der Waals surface area contributed by atoms with E-state index in [-0.39, 0.29) is 35.5 Å². The average Bonchev–Trinajstić information content (AvgIpc) is 3.60. The van der Waals surface area contributed by atoms with E-state index in [0.29, 0.717) is 45.7 Å². The number of anilines is 1. The highest BCUT2D eigenvalue weighted by atomic mass is 28.4. The van der Waals surface area contributed by atoms with E-state index in [1.807, 2.05) is 49.5 Å². The van der Waals surface area contributed by atoms with E-state index in [1.165, 1.54) is 17.7 Å². The number of carbonyl (C=O) groups excluding carboxylic acids is 3. The number of amides is 2. The Morgan fingerprint density at radius 3 is 2.46 bits per heavy atom. The molecule has 2 fully saturated rings. The van der Waals surface area contributed by atoms with Crippen molar-refractivity contribution in [1.82, 2.24) is 25.3 Å². The smallest absolute Gasteiger partial charge is 0.408 e. The summed E-state index contributed by atoms with van der Waals surface area (Å²) in [5.74, 6) is -0.830. The number of hydrogen-bond acceptors (Lipinski definition) is 11. The molecule has 0 unspecified atom stereocenters. The number of ether oxygens (including phenoxy) is 4. The van der Waals surface area contributed by atoms with Gasteiger partial charge in [-0.05, 0) is 98.1 Å². The molecule has 4 atom stereocenters. The van der Waals surface area contributed by atoms with Gasteiger partial charge in [-0.25, -0.2) is 10.2 Å². The van der Waals surface area contributed by atoms with Crippen LogP contribution in [0.1, 0.15) is 90.7 Å². The Morgan fingerprint density at radius 1 is 1.02 bits per heavy atom. The lowest BCUT2D eigenvalue weighted by Gasteiger charge is -2.39. The number of nitrogens with one attached hydrogen (secondary N) is 2. The van der Waals surface area contributed by atoms with Crippen LogP contribution in [0.5, 0.6) is 0 Å². The lowest BCUT2D eigenvalue weighted by Crippen LogP contribution is -2.60. The van der Waals surface area contributed by atoms with Crippen LogP contribution in [-0.4, -0.2) is 106 Å². The number of pyridine rings is 1. The lowest BCUT2D eigenvalue weighted by atomic mass is 9.84. The lowest BCUT2D eigenvalue weighted by molar-refractivity contribution is -0.150. The summed E-state index contributed by atoms with van der Waals surface area (Å²) >= 11 is 0. The molecule has 0 radical (unpaired) electrons. The number of nitrogens with zero attached hydrogens (tertiary/aromatic N) is 4. The number of aryl methyl sites for hydroxylation is 1. The summed E-state index contributed by atoms with van der Waals surface area (Å²) in [5, 5.41) is 5.51. The Balaban J connectivity index is 1.32. The average molecular weight is 913 g/mol. The minimum atomic E-state index is -2.02. The molecule has 2 aliphatic rings. The molecule has 2 aromatic heterocycles. The molecule has 4 aromatic rings. The topological polar surface area (TPSA) is 146 Å². The Kier molecular flexibility index (Phi) is 16.2. The first kappa shape index (κ1) is 49.6. The number of alkyl carbamates (subject to hydrolysis) is 1. The molecule has 6 rings (SSSR count). The fourth-order valence-electron chi connectivity index (χ4n) is 8.53. The normalized spacial score (nSPS) is 18.3. The summed E-state index contributed by atoms with van der Waals surface area (Å²) in [6.45, 7) is 23.6. The number of fused-ring (bicyclic) bond motifs is 1. The molecule has 2 saturated heterocycles. The Labute approximate surface area is 386 Å². The molecule has 0 saturated carbocycles. The third kappa shape index (κ3) is 12.0. The third-order valence-corrected chi connectivity index (χ3v) is 17.8. The predicted molar refractivity (Wildman–Crippen MR) is 257 cm³/mol. The summed E-state index contributed by atoms with van der Waals surface area (Å²) in [5.41, 5.74) is 10.1. The second-order valence-electron chi connectivity index (χ2n) is 19.7. The number of morpholine rings is 1. The quantitative estimate of drug-likeness (QED) is 0.0776. The fourth-order valence-corrected chi connectivity index (χ4v) is 9.72. The molecule has 354 valence electrons. The number of rotatable bonds is 17. The summed E-state index contributed by atoms with van der Waals surface area (Å²) in [4.78, 5) is 47.2. The maximum Gasteiger partial charge on any atom is 0.408 e. The minimum Gasteiger partial charge on any atom is -0.468 e. The minimum absolute atomic E-state index is 0.0496. The van der Waals surface area contributed by atoms with Crippen molar-refractivity contribution < 1.29 is 37.8 Å². The molecule has 0 aliphatic carbocycles. The van der Waals surface area contributed by atoms with Crippen molar-refractivity contribution in [3.63, 3.8) is 0 Å². The van der Waals surface area contributed by atoms with Gasteiger partial charge in [-0.2, -0.15) is 0 Å². The maximum atomic E-state index is 14.3. The number of hydrogen-bond donors (Lipinski definition) is 2. The molecule has 65 heavy (non-hydrogen) atoms. The monoisotopic (exact) mass is 913 g/mol. The molecular formula is C50H72N6O8Si. The molecule has 14 nitrogen and oxygen atoms in total. The van der Waals surface area contributed by atoms with E-state index in [0.717, 1.165) is 52.1 Å². The second kappa shape index (κ2) is 21.2. The summed E-state index contributed by atoms with van der Waals surface area (Å²) < 4.78 is 32.1. The SMILES string of the molecule is CCn1c(-c2cccnc2[C@H](C)OC)c(CC(C)(C)CO[Si](C)(C)C(C)(C)C)c2cc(N3CCO[C@@H](C[C@H](NC(=O)OCc4ccccc4)C(=O)N4CCC[C@@H](C(=O)OC)N4)C3)ccc21. The van der Waals surface area contributed by atoms with Gasteiger partial charge in [0.05, 0.1) is 37.3 Å². The van der Waals surface area contributed by atoms with Gasteiger partial charge in [0.15, 0.2) is 8.32 Å². The standard InChI is InChI=1S/C50H72N6O8Si/c1-12-55-43-23-22-36(28-39(43)40(30-50(6,7)33-64-65(10,11)49(3,4)5)45(55)38-20-16-24-51-44(38)34(2)60-8)54-26-27-62-37(31-54)29-42(52-48(59)63-32-35-18-14-13-15-19-35)46(57)56-25-17-21-41(53-56)47(58)61-9/h13-16,18-20,22-24,28,34,37,41-42,53H,12,17,21,25-27,29-33H2,1-11H3,(H,52,59)/t34-,37-,41-,42-/m0/s1. The molecule has 0 bridgehead atoms. The highest BCUT2D eigenvalue weighted by Gasteiger charge is 2.40. The Bertz CT molecular complexity index is 2260. The summed E-state index contributed by atoms with van der Waals surface area (Å²) in [7, 11) is 1.02. The van der Waals surface area contributed by atoms with Gasteiger partial charge < -0.3 is 38.2 Å². The van der Waals surface area contributed by atoms with Gasteiger partial charge in [-0.3, -0.25) is 19.6 Å². The second-order valence-corrected chi connectivity index (χ2v) is 24.6. The van der Waals surface area contributed by atoms with Crippen LogP contribution in [0.2, 0.25) is 18.1 Å². The van der Waals surface area contributed by atoms with Gasteiger partial charge in [-0.15, -0.1) is 0 Å². The number of benzene rings is 2. The first-order valence-electron chi connectivity index (χ1n) is 23.1. The van der Waals surface area contributed by atoms with Crippen LogP contribution in [-0.2, 0) is 52.5 Å². The first-order chi connectivity index (χ1) is 30.9. The molecular weight excluding hydrogens is 841 g/mol. The van der Waals surface area contributed by atoms with Crippen LogP contribution in [0.15, 0.2) is 66.9 Å². The number of esters is 1. The van der Waals surface area contributed by atoms with Crippen LogP contribution in [0.25, 0.3) is 22.2 Å². The van der Waals surface area contributed by atoms with Gasteiger partial charge >= 0.3 is 12.1 Å². The van der Waals surface area contributed by atoms with Crippen molar-refractivity contribution in [2.24, 2.45) is 5.41 Å².